The van der Waals surface area contributed by atoms with Crippen LogP contribution in [-0.4, -0.2) is 9.96 Å². The van der Waals surface area contributed by atoms with Gasteiger partial charge in [0.05, 0.1) is 5.03 Å². The average Bonchev–Trinajstić information content (AvgIpc) is 2.11. The Morgan fingerprint density at radius 1 is 1.54 bits per heavy atom. The second-order valence-corrected chi connectivity index (χ2v) is 5.52. The Bertz CT molecular complexity index is 252. The van der Waals surface area contributed by atoms with E-state index in [0.29, 0.717) is 10.2 Å². The van der Waals surface area contributed by atoms with Crippen LogP contribution in [0.3, 0.4) is 0 Å². The molecule has 1 atom stereocenters. The summed E-state index contributed by atoms with van der Waals surface area (Å²) in [5.74, 6) is 0.953. The number of rotatable bonds is 3. The molecule has 0 saturated carbocycles. The Hall–Kier alpha value is 0.500. The van der Waals surface area contributed by atoms with Gasteiger partial charge < -0.3 is 5.32 Å². The van der Waals surface area contributed by atoms with Crippen LogP contribution in [0.15, 0.2) is 22.5 Å². The number of nitrogens with one attached hydrogen (secondary N) is 1. The average molecular weight is 259 g/mol. The molecule has 0 aromatic carbocycles. The maximum Gasteiger partial charge on any atom is 0.148 e. The fourth-order valence-electron chi connectivity index (χ4n) is 0.870. The zero-order chi connectivity index (χ0) is 9.90. The van der Waals surface area contributed by atoms with Crippen LogP contribution in [-0.2, 0) is 0 Å². The van der Waals surface area contributed by atoms with E-state index in [4.69, 9.17) is 34.8 Å². The van der Waals surface area contributed by atoms with Crippen molar-refractivity contribution >= 4 is 46.6 Å². The topological polar surface area (TPSA) is 12.0 Å². The van der Waals surface area contributed by atoms with Gasteiger partial charge in [0, 0.05) is 6.20 Å². The maximum atomic E-state index is 6.26. The molecule has 0 saturated heterocycles. The number of alkyl halides is 1. The van der Waals surface area contributed by atoms with Gasteiger partial charge in [-0.15, -0.1) is 11.8 Å². The van der Waals surface area contributed by atoms with E-state index in [1.807, 2.05) is 6.08 Å². The predicted octanol–water partition coefficient (Wildman–Crippen LogP) is 3.83. The van der Waals surface area contributed by atoms with Crippen LogP contribution in [0.25, 0.3) is 0 Å². The van der Waals surface area contributed by atoms with Crippen molar-refractivity contribution in [1.29, 1.82) is 0 Å². The van der Waals surface area contributed by atoms with Gasteiger partial charge in [-0.05, 0) is 18.2 Å². The largest absolute Gasteiger partial charge is 0.352 e. The van der Waals surface area contributed by atoms with Crippen LogP contribution in [0.2, 0.25) is 0 Å². The summed E-state index contributed by atoms with van der Waals surface area (Å²) in [6.07, 6.45) is 4.58. The van der Waals surface area contributed by atoms with E-state index in [1.165, 1.54) is 0 Å². The molecule has 0 aromatic rings. The van der Waals surface area contributed by atoms with Gasteiger partial charge in [-0.3, -0.25) is 0 Å². The van der Waals surface area contributed by atoms with Gasteiger partial charge in [0.15, 0.2) is 0 Å². The highest BCUT2D eigenvalue weighted by atomic mass is 35.5. The van der Waals surface area contributed by atoms with Crippen LogP contribution in [0.5, 0.6) is 0 Å². The number of hydrogen-bond donors (Lipinski definition) is 1. The second-order valence-electron chi connectivity index (χ2n) is 2.60. The molecular formula is C8H10Cl3NS. The number of hydrogen-bond acceptors (Lipinski definition) is 2. The fourth-order valence-corrected chi connectivity index (χ4v) is 2.75. The van der Waals surface area contributed by atoms with Crippen molar-refractivity contribution in [3.63, 3.8) is 0 Å². The maximum absolute atomic E-state index is 6.26. The van der Waals surface area contributed by atoms with E-state index in [9.17, 15) is 0 Å². The Morgan fingerprint density at radius 3 is 2.85 bits per heavy atom. The van der Waals surface area contributed by atoms with E-state index >= 15 is 0 Å². The van der Waals surface area contributed by atoms with Gasteiger partial charge in [0.2, 0.25) is 0 Å². The molecule has 1 aliphatic rings. The van der Waals surface area contributed by atoms with Crippen LogP contribution in [0.4, 0.5) is 0 Å². The third kappa shape index (κ3) is 2.72. The first-order valence-corrected chi connectivity index (χ1v) is 6.05. The van der Waals surface area contributed by atoms with Crippen molar-refractivity contribution in [2.75, 3.05) is 5.75 Å². The van der Waals surface area contributed by atoms with Crippen LogP contribution >= 0.6 is 46.6 Å². The highest BCUT2D eigenvalue weighted by Gasteiger charge is 2.32. The molecule has 0 amide bonds. The molecule has 0 spiro atoms. The molecule has 1 rings (SSSR count). The zero-order valence-corrected chi connectivity index (χ0v) is 10.2. The molecule has 0 radical (unpaired) electrons. The lowest BCUT2D eigenvalue weighted by Crippen LogP contribution is -2.23. The first kappa shape index (κ1) is 11.6. The normalized spacial score (nSPS) is 27.7. The summed E-state index contributed by atoms with van der Waals surface area (Å²) in [4.78, 5) is 0. The quantitative estimate of drug-likeness (QED) is 0.610. The number of halogens is 3. The highest BCUT2D eigenvalue weighted by Crippen LogP contribution is 2.44. The monoisotopic (exact) mass is 257 g/mol. The minimum absolute atomic E-state index is 0.405. The summed E-state index contributed by atoms with van der Waals surface area (Å²) < 4.78 is -0.681. The Labute approximate surface area is 97.5 Å². The van der Waals surface area contributed by atoms with Gasteiger partial charge in [0.1, 0.15) is 9.36 Å². The van der Waals surface area contributed by atoms with Crippen LogP contribution < -0.4 is 5.32 Å². The summed E-state index contributed by atoms with van der Waals surface area (Å²) in [7, 11) is 0. The fraction of sp³-hybridized carbons (Fsp3) is 0.500. The Morgan fingerprint density at radius 2 is 2.23 bits per heavy atom. The summed E-state index contributed by atoms with van der Waals surface area (Å²) in [6, 6.07) is 0. The van der Waals surface area contributed by atoms with Crippen molar-refractivity contribution in [2.45, 2.75) is 17.6 Å². The van der Waals surface area contributed by atoms with Gasteiger partial charge >= 0.3 is 0 Å². The third-order valence-corrected chi connectivity index (χ3v) is 4.62. The second kappa shape index (κ2) is 4.83. The Balaban J connectivity index is 2.75. The van der Waals surface area contributed by atoms with Crippen molar-refractivity contribution in [3.8, 4) is 0 Å². The lowest BCUT2D eigenvalue weighted by Gasteiger charge is -2.26. The van der Waals surface area contributed by atoms with Crippen LogP contribution in [0.1, 0.15) is 13.3 Å². The van der Waals surface area contributed by atoms with Gasteiger partial charge in [-0.2, -0.15) is 0 Å². The molecular weight excluding hydrogens is 249 g/mol. The van der Waals surface area contributed by atoms with Crippen molar-refractivity contribution in [2.24, 2.45) is 0 Å². The molecule has 1 aliphatic heterocycles. The van der Waals surface area contributed by atoms with E-state index in [1.54, 1.807) is 18.0 Å². The molecule has 0 bridgehead atoms. The summed E-state index contributed by atoms with van der Waals surface area (Å²) in [5.41, 5.74) is 0. The van der Waals surface area contributed by atoms with Crippen molar-refractivity contribution in [1.82, 2.24) is 5.32 Å². The molecule has 0 aromatic heterocycles. The number of dihydropyridines is 1. The molecule has 1 heterocycles. The first-order chi connectivity index (χ1) is 6.10. The van der Waals surface area contributed by atoms with Crippen LogP contribution in [0, 0.1) is 0 Å². The van der Waals surface area contributed by atoms with E-state index in [0.717, 1.165) is 12.2 Å². The first-order valence-electron chi connectivity index (χ1n) is 3.93. The lowest BCUT2D eigenvalue weighted by atomic mass is 10.3. The molecule has 1 N–H and O–H groups in total. The molecule has 0 fully saturated rings. The summed E-state index contributed by atoms with van der Waals surface area (Å²) in [5, 5.41) is 3.66. The molecule has 0 aliphatic carbocycles. The molecule has 74 valence electrons. The van der Waals surface area contributed by atoms with E-state index < -0.39 is 4.21 Å². The summed E-state index contributed by atoms with van der Waals surface area (Å²) in [6.45, 7) is 2.09. The molecule has 5 heteroatoms. The molecule has 1 nitrogen and oxygen atoms in total. The Kier molecular flexibility index (Phi) is 4.30. The van der Waals surface area contributed by atoms with Crippen molar-refractivity contribution < 1.29 is 0 Å². The van der Waals surface area contributed by atoms with Gasteiger partial charge in [-0.1, -0.05) is 41.7 Å². The minimum Gasteiger partial charge on any atom is -0.352 e. The zero-order valence-electron chi connectivity index (χ0n) is 7.11. The minimum atomic E-state index is -0.681. The standard InChI is InChI=1S/C8H10Cl3NS/c1-2-5-13-8(11)3-4-12-7(10)6(8)9/h3-4,12H,2,5H2,1H3. The SMILES string of the molecule is CCCSC1(Cl)C=CNC(Cl)=C1Cl. The number of thioether (sulfide) groups is 1. The van der Waals surface area contributed by atoms with Gasteiger partial charge in [-0.25, -0.2) is 0 Å². The predicted molar refractivity (Wildman–Crippen MR) is 62.3 cm³/mol. The molecule has 13 heavy (non-hydrogen) atoms. The molecule has 1 unspecified atom stereocenters. The third-order valence-electron chi connectivity index (χ3n) is 1.52. The van der Waals surface area contributed by atoms with Gasteiger partial charge in [0.25, 0.3) is 0 Å². The summed E-state index contributed by atoms with van der Waals surface area (Å²) >= 11 is 19.6. The smallest absolute Gasteiger partial charge is 0.148 e. The van der Waals surface area contributed by atoms with E-state index in [2.05, 4.69) is 12.2 Å². The van der Waals surface area contributed by atoms with Crippen molar-refractivity contribution in [3.05, 3.63) is 22.5 Å². The van der Waals surface area contributed by atoms with E-state index in [-0.39, 0.29) is 0 Å². The highest BCUT2D eigenvalue weighted by molar-refractivity contribution is 8.02. The lowest BCUT2D eigenvalue weighted by molar-refractivity contribution is 1.03.